The molecule has 1 aliphatic heterocycles. The van der Waals surface area contributed by atoms with Gasteiger partial charge in [-0.05, 0) is 34.8 Å². The molecular formula is C11H17BrN4O. The lowest BCUT2D eigenvalue weighted by Crippen LogP contribution is -2.35. The van der Waals surface area contributed by atoms with Crippen LogP contribution in [0.3, 0.4) is 0 Å². The molecule has 0 aliphatic carbocycles. The van der Waals surface area contributed by atoms with E-state index in [0.717, 1.165) is 23.9 Å². The van der Waals surface area contributed by atoms with E-state index in [1.807, 2.05) is 13.2 Å². The molecule has 0 bridgehead atoms. The number of carbonyl (C=O) groups is 1. The predicted octanol–water partition coefficient (Wildman–Crippen LogP) is 1.51. The normalized spacial score (nSPS) is 23.9. The summed E-state index contributed by atoms with van der Waals surface area (Å²) >= 11 is 3.36. The second-order valence-corrected chi connectivity index (χ2v) is 5.31. The van der Waals surface area contributed by atoms with Gasteiger partial charge in [-0.2, -0.15) is 5.10 Å². The predicted molar refractivity (Wildman–Crippen MR) is 69.7 cm³/mol. The van der Waals surface area contributed by atoms with Crippen molar-refractivity contribution < 1.29 is 4.79 Å². The summed E-state index contributed by atoms with van der Waals surface area (Å²) in [5, 5.41) is 10.3. The fourth-order valence-corrected chi connectivity index (χ4v) is 2.54. The van der Waals surface area contributed by atoms with Crippen LogP contribution in [0.5, 0.6) is 0 Å². The molecule has 0 radical (unpaired) electrons. The van der Waals surface area contributed by atoms with Gasteiger partial charge in [-0.1, -0.05) is 13.3 Å². The zero-order valence-electron chi connectivity index (χ0n) is 10.0. The maximum Gasteiger partial charge on any atom is 0.242 e. The van der Waals surface area contributed by atoms with Gasteiger partial charge in [0, 0.05) is 13.2 Å². The van der Waals surface area contributed by atoms with Crippen LogP contribution in [-0.4, -0.2) is 28.3 Å². The Kier molecular flexibility index (Phi) is 3.83. The molecule has 2 heterocycles. The highest BCUT2D eigenvalue weighted by Gasteiger charge is 2.28. The summed E-state index contributed by atoms with van der Waals surface area (Å²) in [6.07, 6.45) is 3.84. The van der Waals surface area contributed by atoms with Crippen LogP contribution in [0.25, 0.3) is 0 Å². The third-order valence-corrected chi connectivity index (χ3v) is 3.72. The molecule has 1 amide bonds. The van der Waals surface area contributed by atoms with Gasteiger partial charge < -0.3 is 10.6 Å². The molecule has 2 rings (SSSR count). The number of hydrogen-bond donors (Lipinski definition) is 2. The topological polar surface area (TPSA) is 59.0 Å². The lowest BCUT2D eigenvalue weighted by Gasteiger charge is -2.09. The van der Waals surface area contributed by atoms with Crippen molar-refractivity contribution in [1.82, 2.24) is 15.1 Å². The zero-order chi connectivity index (χ0) is 12.4. The molecule has 6 heteroatoms. The first-order valence-corrected chi connectivity index (χ1v) is 6.62. The Hall–Kier alpha value is -0.880. The van der Waals surface area contributed by atoms with Gasteiger partial charge in [0.05, 0.1) is 10.5 Å². The fraction of sp³-hybridized carbons (Fsp3) is 0.636. The van der Waals surface area contributed by atoms with Gasteiger partial charge in [-0.3, -0.25) is 9.48 Å². The average Bonchev–Trinajstić information content (AvgIpc) is 2.86. The van der Waals surface area contributed by atoms with Crippen molar-refractivity contribution in [3.63, 3.8) is 0 Å². The third kappa shape index (κ3) is 2.87. The Morgan fingerprint density at radius 2 is 2.53 bits per heavy atom. The number of anilines is 1. The Balaban J connectivity index is 1.96. The van der Waals surface area contributed by atoms with Gasteiger partial charge in [0.2, 0.25) is 5.91 Å². The minimum atomic E-state index is -0.0890. The van der Waals surface area contributed by atoms with Crippen LogP contribution < -0.4 is 10.6 Å². The first kappa shape index (κ1) is 12.6. The van der Waals surface area contributed by atoms with Crippen LogP contribution in [0.2, 0.25) is 0 Å². The molecule has 0 aromatic carbocycles. The smallest absolute Gasteiger partial charge is 0.242 e. The van der Waals surface area contributed by atoms with E-state index in [9.17, 15) is 4.79 Å². The van der Waals surface area contributed by atoms with Crippen molar-refractivity contribution in [1.29, 1.82) is 0 Å². The van der Waals surface area contributed by atoms with E-state index in [1.165, 1.54) is 0 Å². The van der Waals surface area contributed by atoms with Crippen molar-refractivity contribution in [2.24, 2.45) is 13.0 Å². The summed E-state index contributed by atoms with van der Waals surface area (Å²) in [5.74, 6) is 1.19. The number of aryl methyl sites for hydroxylation is 1. The molecular weight excluding hydrogens is 284 g/mol. The van der Waals surface area contributed by atoms with Crippen LogP contribution in [-0.2, 0) is 11.8 Å². The Labute approximate surface area is 109 Å². The van der Waals surface area contributed by atoms with E-state index in [1.54, 1.807) is 4.68 Å². The number of aromatic nitrogens is 2. The summed E-state index contributed by atoms with van der Waals surface area (Å²) in [4.78, 5) is 12.0. The number of nitrogens with one attached hydrogen (secondary N) is 2. The maximum atomic E-state index is 12.0. The number of halogens is 1. The molecule has 0 saturated carbocycles. The molecule has 1 aromatic heterocycles. The molecule has 1 aromatic rings. The van der Waals surface area contributed by atoms with E-state index in [4.69, 9.17) is 0 Å². The zero-order valence-corrected chi connectivity index (χ0v) is 11.6. The lowest BCUT2D eigenvalue weighted by molar-refractivity contribution is -0.117. The Bertz CT molecular complexity index is 418. The van der Waals surface area contributed by atoms with Gasteiger partial charge in [0.15, 0.2) is 5.82 Å². The first-order valence-electron chi connectivity index (χ1n) is 5.83. The van der Waals surface area contributed by atoms with Gasteiger partial charge >= 0.3 is 0 Å². The lowest BCUT2D eigenvalue weighted by atomic mass is 10.0. The largest absolute Gasteiger partial charge is 0.307 e. The van der Waals surface area contributed by atoms with Gasteiger partial charge in [0.1, 0.15) is 0 Å². The summed E-state index contributed by atoms with van der Waals surface area (Å²) in [7, 11) is 1.82. The Morgan fingerprint density at radius 1 is 1.76 bits per heavy atom. The molecule has 1 saturated heterocycles. The quantitative estimate of drug-likeness (QED) is 0.889. The van der Waals surface area contributed by atoms with Gasteiger partial charge in [-0.15, -0.1) is 0 Å². The summed E-state index contributed by atoms with van der Waals surface area (Å²) in [5.41, 5.74) is 0. The van der Waals surface area contributed by atoms with Crippen LogP contribution >= 0.6 is 15.9 Å². The van der Waals surface area contributed by atoms with Gasteiger partial charge in [0.25, 0.3) is 0 Å². The minimum Gasteiger partial charge on any atom is -0.307 e. The first-order chi connectivity index (χ1) is 8.10. The number of amides is 1. The highest BCUT2D eigenvalue weighted by atomic mass is 79.9. The fourth-order valence-electron chi connectivity index (χ4n) is 2.07. The van der Waals surface area contributed by atoms with Crippen molar-refractivity contribution in [3.05, 3.63) is 10.7 Å². The van der Waals surface area contributed by atoms with Crippen molar-refractivity contribution in [2.45, 2.75) is 25.8 Å². The van der Waals surface area contributed by atoms with Crippen LogP contribution in [0.1, 0.15) is 19.8 Å². The van der Waals surface area contributed by atoms with E-state index in [0.29, 0.717) is 11.7 Å². The monoisotopic (exact) mass is 300 g/mol. The Morgan fingerprint density at radius 3 is 3.06 bits per heavy atom. The SMILES string of the molecule is CCC1CN[C@H](C(=O)Nc2nn(C)cc2Br)C1. The summed E-state index contributed by atoms with van der Waals surface area (Å²) in [6.45, 7) is 3.08. The summed E-state index contributed by atoms with van der Waals surface area (Å²) in [6, 6.07) is -0.0890. The van der Waals surface area contributed by atoms with Crippen LogP contribution in [0.4, 0.5) is 5.82 Å². The van der Waals surface area contributed by atoms with Gasteiger partial charge in [-0.25, -0.2) is 0 Å². The highest BCUT2D eigenvalue weighted by molar-refractivity contribution is 9.10. The standard InChI is InChI=1S/C11H17BrN4O/c1-3-7-4-9(13-5-7)11(17)14-10-8(12)6-16(2)15-10/h6-7,9,13H,3-5H2,1-2H3,(H,14,15,17)/t7?,9-/m0/s1. The molecule has 0 spiro atoms. The highest BCUT2D eigenvalue weighted by Crippen LogP contribution is 2.22. The molecule has 94 valence electrons. The van der Waals surface area contributed by atoms with E-state index in [-0.39, 0.29) is 11.9 Å². The molecule has 1 unspecified atom stereocenters. The van der Waals surface area contributed by atoms with Crippen LogP contribution in [0.15, 0.2) is 10.7 Å². The number of rotatable bonds is 3. The number of nitrogens with zero attached hydrogens (tertiary/aromatic N) is 2. The molecule has 1 aliphatic rings. The van der Waals surface area contributed by atoms with Crippen LogP contribution in [0, 0.1) is 5.92 Å². The second-order valence-electron chi connectivity index (χ2n) is 4.46. The van der Waals surface area contributed by atoms with E-state index < -0.39 is 0 Å². The second kappa shape index (κ2) is 5.18. The van der Waals surface area contributed by atoms with Crippen molar-refractivity contribution in [2.75, 3.05) is 11.9 Å². The van der Waals surface area contributed by atoms with E-state index >= 15 is 0 Å². The minimum absolute atomic E-state index is 0.000324. The number of hydrogen-bond acceptors (Lipinski definition) is 3. The molecule has 17 heavy (non-hydrogen) atoms. The van der Waals surface area contributed by atoms with E-state index in [2.05, 4.69) is 38.6 Å². The maximum absolute atomic E-state index is 12.0. The van der Waals surface area contributed by atoms with Crippen molar-refractivity contribution >= 4 is 27.7 Å². The molecule has 2 atom stereocenters. The molecule has 1 fully saturated rings. The molecule has 2 N–H and O–H groups in total. The number of carbonyl (C=O) groups excluding carboxylic acids is 1. The average molecular weight is 301 g/mol. The molecule has 5 nitrogen and oxygen atoms in total. The summed E-state index contributed by atoms with van der Waals surface area (Å²) < 4.78 is 2.47. The third-order valence-electron chi connectivity index (χ3n) is 3.14. The van der Waals surface area contributed by atoms with Crippen molar-refractivity contribution in [3.8, 4) is 0 Å².